The first kappa shape index (κ1) is 20.1. The Bertz CT molecular complexity index is 494. The third-order valence-corrected chi connectivity index (χ3v) is 3.53. The number of nitrogens with zero attached hydrogens (tertiary/aromatic N) is 1. The van der Waals surface area contributed by atoms with Crippen LogP contribution in [0.3, 0.4) is 0 Å². The van der Waals surface area contributed by atoms with Gasteiger partial charge in [-0.25, -0.2) is 10.2 Å². The predicted octanol–water partition coefficient (Wildman–Crippen LogP) is 1.22. The van der Waals surface area contributed by atoms with E-state index in [4.69, 9.17) is 4.74 Å². The van der Waals surface area contributed by atoms with Crippen LogP contribution in [0.2, 0.25) is 0 Å². The van der Waals surface area contributed by atoms with Gasteiger partial charge in [0.05, 0.1) is 18.7 Å². The van der Waals surface area contributed by atoms with Crippen LogP contribution in [0.4, 0.5) is 4.79 Å². The number of amides is 2. The maximum absolute atomic E-state index is 11.5. The second-order valence-corrected chi connectivity index (χ2v) is 5.88. The maximum Gasteiger partial charge on any atom is 0.319 e. The number of rotatable bonds is 11. The van der Waals surface area contributed by atoms with Crippen LogP contribution in [-0.4, -0.2) is 50.7 Å². The second kappa shape index (κ2) is 10.7. The zero-order chi connectivity index (χ0) is 17.8. The zero-order valence-corrected chi connectivity index (χ0v) is 14.7. The normalized spacial score (nSPS) is 11.1. The number of benzene rings is 1. The summed E-state index contributed by atoms with van der Waals surface area (Å²) >= 11 is 0. The molecule has 1 rings (SSSR count). The van der Waals surface area contributed by atoms with Gasteiger partial charge in [0.2, 0.25) is 0 Å². The number of hydrogen-bond donors (Lipinski definition) is 3. The quantitative estimate of drug-likeness (QED) is 0.245. The fraction of sp³-hybridized carbons (Fsp3) is 0.529. The molecule has 24 heavy (non-hydrogen) atoms. The van der Waals surface area contributed by atoms with E-state index >= 15 is 0 Å². The van der Waals surface area contributed by atoms with Crippen LogP contribution in [0.5, 0.6) is 0 Å². The van der Waals surface area contributed by atoms with Gasteiger partial charge >= 0.3 is 6.03 Å². The third kappa shape index (κ3) is 7.08. The molecular weight excluding hydrogens is 308 g/mol. The summed E-state index contributed by atoms with van der Waals surface area (Å²) in [4.78, 5) is 23.3. The Balaban J connectivity index is 2.18. The van der Waals surface area contributed by atoms with E-state index in [0.717, 1.165) is 13.0 Å². The Morgan fingerprint density at radius 2 is 2.00 bits per heavy atom. The van der Waals surface area contributed by atoms with Crippen LogP contribution < -0.4 is 16.2 Å². The molecule has 0 atom stereocenters. The van der Waals surface area contributed by atoms with Crippen molar-refractivity contribution in [3.05, 3.63) is 35.9 Å². The van der Waals surface area contributed by atoms with E-state index in [1.165, 1.54) is 17.5 Å². The number of carbonyl (C=O) groups is 2. The van der Waals surface area contributed by atoms with Crippen molar-refractivity contribution in [1.29, 1.82) is 0 Å². The van der Waals surface area contributed by atoms with Crippen molar-refractivity contribution in [2.45, 2.75) is 25.8 Å². The lowest BCUT2D eigenvalue weighted by atomic mass is 9.95. The minimum atomic E-state index is -0.327. The molecule has 1 aromatic rings. The molecule has 0 aliphatic heterocycles. The van der Waals surface area contributed by atoms with Gasteiger partial charge in [0, 0.05) is 13.6 Å². The number of urea groups is 1. The van der Waals surface area contributed by atoms with Gasteiger partial charge in [-0.2, -0.15) is 0 Å². The van der Waals surface area contributed by atoms with Crippen molar-refractivity contribution < 1.29 is 14.3 Å². The van der Waals surface area contributed by atoms with Crippen molar-refractivity contribution in [3.8, 4) is 0 Å². The van der Waals surface area contributed by atoms with Gasteiger partial charge in [-0.1, -0.05) is 30.3 Å². The van der Waals surface area contributed by atoms with Gasteiger partial charge in [-0.3, -0.25) is 10.3 Å². The van der Waals surface area contributed by atoms with Gasteiger partial charge in [-0.05, 0) is 25.8 Å². The summed E-state index contributed by atoms with van der Waals surface area (Å²) in [5, 5.41) is 2.47. The number of nitrogens with one attached hydrogen (secondary N) is 3. The van der Waals surface area contributed by atoms with Crippen LogP contribution in [0, 0.1) is 0 Å². The van der Waals surface area contributed by atoms with Crippen LogP contribution in [0.1, 0.15) is 25.8 Å². The first-order valence-electron chi connectivity index (χ1n) is 8.05. The van der Waals surface area contributed by atoms with Crippen LogP contribution in [-0.2, 0) is 15.1 Å². The van der Waals surface area contributed by atoms with E-state index in [-0.39, 0.29) is 24.8 Å². The number of hydrogen-bond acceptors (Lipinski definition) is 5. The molecule has 0 saturated carbocycles. The molecule has 0 bridgehead atoms. The Labute approximate surface area is 143 Å². The van der Waals surface area contributed by atoms with Crippen LogP contribution >= 0.6 is 0 Å². The van der Waals surface area contributed by atoms with E-state index in [9.17, 15) is 9.59 Å². The summed E-state index contributed by atoms with van der Waals surface area (Å²) in [6, 6.07) is 9.87. The molecule has 0 fully saturated rings. The maximum atomic E-state index is 11.5. The predicted molar refractivity (Wildman–Crippen MR) is 93.3 cm³/mol. The molecule has 1 aromatic carbocycles. The molecule has 0 spiro atoms. The zero-order valence-electron chi connectivity index (χ0n) is 14.7. The molecule has 0 heterocycles. The van der Waals surface area contributed by atoms with E-state index in [2.05, 4.69) is 42.1 Å². The van der Waals surface area contributed by atoms with Crippen molar-refractivity contribution in [3.63, 3.8) is 0 Å². The van der Waals surface area contributed by atoms with Gasteiger partial charge in [0.25, 0.3) is 0 Å². The Kier molecular flexibility index (Phi) is 8.99. The average Bonchev–Trinajstić information content (AvgIpc) is 2.60. The molecular formula is C17H28N4O3. The Hall–Kier alpha value is -1.96. The number of aldehydes is 1. The van der Waals surface area contributed by atoms with Crippen molar-refractivity contribution in [2.24, 2.45) is 0 Å². The number of hydrazine groups is 1. The minimum Gasteiger partial charge on any atom is -0.361 e. The van der Waals surface area contributed by atoms with E-state index in [1.807, 2.05) is 18.2 Å². The molecule has 7 heteroatoms. The Morgan fingerprint density at radius 3 is 2.62 bits per heavy atom. The van der Waals surface area contributed by atoms with E-state index < -0.39 is 0 Å². The standard InChI is InChI=1S/C17H28N4O3/c1-17(2,15-8-5-4-6-9-15)20-19-10-7-13-24-14-21(11-12-22)16(23)18-3/h4-6,8-9,12,19-20H,7,10-11,13-14H2,1-3H3,(H,18,23). The molecule has 0 aromatic heterocycles. The van der Waals surface area contributed by atoms with Crippen molar-refractivity contribution >= 4 is 12.3 Å². The topological polar surface area (TPSA) is 82.7 Å². The molecule has 0 saturated heterocycles. The van der Waals surface area contributed by atoms with Gasteiger partial charge in [0.15, 0.2) is 0 Å². The number of carbonyl (C=O) groups excluding carboxylic acids is 2. The SMILES string of the molecule is CNC(=O)N(CC=O)COCCCNNC(C)(C)c1ccccc1. The van der Waals surface area contributed by atoms with Crippen molar-refractivity contribution in [1.82, 2.24) is 21.1 Å². The van der Waals surface area contributed by atoms with Gasteiger partial charge < -0.3 is 14.8 Å². The van der Waals surface area contributed by atoms with E-state index in [1.54, 1.807) is 0 Å². The van der Waals surface area contributed by atoms with Crippen LogP contribution in [0.25, 0.3) is 0 Å². The van der Waals surface area contributed by atoms with Gasteiger partial charge in [0.1, 0.15) is 13.0 Å². The first-order valence-corrected chi connectivity index (χ1v) is 8.05. The molecule has 0 unspecified atom stereocenters. The summed E-state index contributed by atoms with van der Waals surface area (Å²) in [6.45, 7) is 5.54. The molecule has 7 nitrogen and oxygen atoms in total. The summed E-state index contributed by atoms with van der Waals surface area (Å²) in [6.07, 6.45) is 1.45. The smallest absolute Gasteiger partial charge is 0.319 e. The van der Waals surface area contributed by atoms with Crippen molar-refractivity contribution in [2.75, 3.05) is 33.5 Å². The fourth-order valence-corrected chi connectivity index (χ4v) is 2.09. The molecule has 0 radical (unpaired) electrons. The summed E-state index contributed by atoms with van der Waals surface area (Å²) < 4.78 is 5.43. The van der Waals surface area contributed by atoms with Gasteiger partial charge in [-0.15, -0.1) is 0 Å². The first-order chi connectivity index (χ1) is 11.5. The summed E-state index contributed by atoms with van der Waals surface area (Å²) in [7, 11) is 1.52. The highest BCUT2D eigenvalue weighted by atomic mass is 16.5. The lowest BCUT2D eigenvalue weighted by molar-refractivity contribution is -0.109. The summed E-state index contributed by atoms with van der Waals surface area (Å²) in [5.41, 5.74) is 7.51. The van der Waals surface area contributed by atoms with Crippen LogP contribution in [0.15, 0.2) is 30.3 Å². The Morgan fingerprint density at radius 1 is 1.29 bits per heavy atom. The summed E-state index contributed by atoms with van der Waals surface area (Å²) in [5.74, 6) is 0. The monoisotopic (exact) mass is 336 g/mol. The average molecular weight is 336 g/mol. The molecule has 0 aliphatic rings. The van der Waals surface area contributed by atoms with E-state index in [0.29, 0.717) is 12.9 Å². The highest BCUT2D eigenvalue weighted by Crippen LogP contribution is 2.18. The highest BCUT2D eigenvalue weighted by Gasteiger charge is 2.18. The molecule has 3 N–H and O–H groups in total. The highest BCUT2D eigenvalue weighted by molar-refractivity contribution is 5.76. The third-order valence-electron chi connectivity index (χ3n) is 3.53. The largest absolute Gasteiger partial charge is 0.361 e. The lowest BCUT2D eigenvalue weighted by Crippen LogP contribution is -2.46. The molecule has 2 amide bonds. The lowest BCUT2D eigenvalue weighted by Gasteiger charge is -2.27. The second-order valence-electron chi connectivity index (χ2n) is 5.88. The molecule has 134 valence electrons. The minimum absolute atomic E-state index is 0.0186. The number of ether oxygens (including phenoxy) is 1. The molecule has 0 aliphatic carbocycles. The fourth-order valence-electron chi connectivity index (χ4n) is 2.09.